The molecule has 1 aliphatic rings. The summed E-state index contributed by atoms with van der Waals surface area (Å²) in [6.45, 7) is 3.42. The summed E-state index contributed by atoms with van der Waals surface area (Å²) in [5, 5.41) is 3.33. The predicted octanol–water partition coefficient (Wildman–Crippen LogP) is 4.09. The van der Waals surface area contributed by atoms with E-state index in [0.29, 0.717) is 5.92 Å². The number of hydrogen-bond acceptors (Lipinski definition) is 1. The molecular weight excluding hydrogens is 242 g/mol. The largest absolute Gasteiger partial charge is 0.320 e. The van der Waals surface area contributed by atoms with E-state index in [4.69, 9.17) is 0 Å². The van der Waals surface area contributed by atoms with Gasteiger partial charge in [0.1, 0.15) is 0 Å². The summed E-state index contributed by atoms with van der Waals surface area (Å²) in [6.07, 6.45) is 2.38. The molecule has 0 radical (unpaired) electrons. The van der Waals surface area contributed by atoms with Gasteiger partial charge in [-0.25, -0.2) is 0 Å². The second-order valence-corrected chi connectivity index (χ2v) is 5.99. The number of benzene rings is 2. The van der Waals surface area contributed by atoms with Gasteiger partial charge in [-0.15, -0.1) is 0 Å². The maximum Gasteiger partial charge on any atom is 0.0223 e. The molecule has 3 rings (SSSR count). The van der Waals surface area contributed by atoms with Crippen LogP contribution in [0.4, 0.5) is 0 Å². The molecule has 0 aromatic heterocycles. The minimum Gasteiger partial charge on any atom is -0.320 e. The number of rotatable bonds is 4. The molecule has 2 aromatic rings. The number of nitrogens with one attached hydrogen (secondary N) is 1. The maximum absolute atomic E-state index is 3.33. The van der Waals surface area contributed by atoms with Crippen LogP contribution in [0.2, 0.25) is 0 Å². The lowest BCUT2D eigenvalue weighted by Crippen LogP contribution is -2.29. The van der Waals surface area contributed by atoms with E-state index in [9.17, 15) is 0 Å². The van der Waals surface area contributed by atoms with E-state index in [1.54, 1.807) is 0 Å². The molecule has 2 atom stereocenters. The Morgan fingerprint density at radius 1 is 1.05 bits per heavy atom. The van der Waals surface area contributed by atoms with Gasteiger partial charge in [-0.05, 0) is 49.0 Å². The molecule has 0 heterocycles. The van der Waals surface area contributed by atoms with E-state index in [2.05, 4.69) is 66.8 Å². The van der Waals surface area contributed by atoms with Gasteiger partial charge in [0, 0.05) is 5.41 Å². The standard InChI is InChI=1S/C19H23N/c1-15-14-19(12-13-20-2,16-8-4-3-5-9-16)18-11-7-6-10-17(15)18/h3-11,15,20H,12-14H2,1-2H3. The number of fused-ring (bicyclic) bond motifs is 1. The molecule has 0 aliphatic heterocycles. The van der Waals surface area contributed by atoms with Gasteiger partial charge < -0.3 is 5.32 Å². The van der Waals surface area contributed by atoms with Gasteiger partial charge in [0.2, 0.25) is 0 Å². The first-order chi connectivity index (χ1) is 9.78. The summed E-state index contributed by atoms with van der Waals surface area (Å²) in [5.41, 5.74) is 4.72. The molecule has 104 valence electrons. The smallest absolute Gasteiger partial charge is 0.0223 e. The van der Waals surface area contributed by atoms with Crippen LogP contribution in [0.3, 0.4) is 0 Å². The zero-order chi connectivity index (χ0) is 14.0. The second-order valence-electron chi connectivity index (χ2n) is 5.99. The fraction of sp³-hybridized carbons (Fsp3) is 0.368. The van der Waals surface area contributed by atoms with Crippen molar-refractivity contribution >= 4 is 0 Å². The van der Waals surface area contributed by atoms with Crippen LogP contribution in [0, 0.1) is 0 Å². The monoisotopic (exact) mass is 265 g/mol. The first-order valence-electron chi connectivity index (χ1n) is 7.57. The lowest BCUT2D eigenvalue weighted by atomic mass is 9.72. The van der Waals surface area contributed by atoms with Crippen molar-refractivity contribution in [2.24, 2.45) is 0 Å². The summed E-state index contributed by atoms with van der Waals surface area (Å²) >= 11 is 0. The summed E-state index contributed by atoms with van der Waals surface area (Å²) in [7, 11) is 2.04. The molecule has 0 amide bonds. The van der Waals surface area contributed by atoms with Crippen molar-refractivity contribution in [3.8, 4) is 0 Å². The maximum atomic E-state index is 3.33. The molecule has 20 heavy (non-hydrogen) atoms. The summed E-state index contributed by atoms with van der Waals surface area (Å²) in [6, 6.07) is 20.0. The van der Waals surface area contributed by atoms with Gasteiger partial charge in [-0.2, -0.15) is 0 Å². The Labute approximate surface area is 122 Å². The lowest BCUT2D eigenvalue weighted by Gasteiger charge is -2.32. The Morgan fingerprint density at radius 2 is 1.75 bits per heavy atom. The molecule has 1 nitrogen and oxygen atoms in total. The minimum absolute atomic E-state index is 0.181. The molecule has 0 spiro atoms. The van der Waals surface area contributed by atoms with Crippen LogP contribution >= 0.6 is 0 Å². The SMILES string of the molecule is CNCCC1(c2ccccc2)CC(C)c2ccccc21. The van der Waals surface area contributed by atoms with Crippen LogP contribution in [0.5, 0.6) is 0 Å². The summed E-state index contributed by atoms with van der Waals surface area (Å²) in [5.74, 6) is 0.642. The molecular formula is C19H23N. The first kappa shape index (κ1) is 13.4. The normalized spacial score (nSPS) is 24.6. The van der Waals surface area contributed by atoms with Gasteiger partial charge >= 0.3 is 0 Å². The molecule has 2 unspecified atom stereocenters. The average molecular weight is 265 g/mol. The Morgan fingerprint density at radius 3 is 2.50 bits per heavy atom. The van der Waals surface area contributed by atoms with Crippen molar-refractivity contribution in [3.05, 3.63) is 71.3 Å². The fourth-order valence-electron chi connectivity index (χ4n) is 3.86. The molecule has 1 aliphatic carbocycles. The van der Waals surface area contributed by atoms with Crippen molar-refractivity contribution in [2.75, 3.05) is 13.6 Å². The average Bonchev–Trinajstić information content (AvgIpc) is 2.80. The van der Waals surface area contributed by atoms with Gasteiger partial charge in [0.05, 0.1) is 0 Å². The third kappa shape index (κ3) is 2.06. The predicted molar refractivity (Wildman–Crippen MR) is 85.2 cm³/mol. The molecule has 0 saturated carbocycles. The molecule has 1 N–H and O–H groups in total. The van der Waals surface area contributed by atoms with Crippen LogP contribution in [0.1, 0.15) is 42.4 Å². The van der Waals surface area contributed by atoms with E-state index in [0.717, 1.165) is 13.0 Å². The third-order valence-corrected chi connectivity index (χ3v) is 4.79. The first-order valence-corrected chi connectivity index (χ1v) is 7.57. The van der Waals surface area contributed by atoms with Crippen molar-refractivity contribution in [3.63, 3.8) is 0 Å². The van der Waals surface area contributed by atoms with Crippen LogP contribution < -0.4 is 5.32 Å². The van der Waals surface area contributed by atoms with Gasteiger partial charge in [0.15, 0.2) is 0 Å². The summed E-state index contributed by atoms with van der Waals surface area (Å²) < 4.78 is 0. The van der Waals surface area contributed by atoms with Crippen LogP contribution in [0.25, 0.3) is 0 Å². The van der Waals surface area contributed by atoms with Crippen LogP contribution in [-0.2, 0) is 5.41 Å². The second kappa shape index (κ2) is 5.41. The van der Waals surface area contributed by atoms with Crippen LogP contribution in [0.15, 0.2) is 54.6 Å². The van der Waals surface area contributed by atoms with Crippen molar-refractivity contribution in [2.45, 2.75) is 31.1 Å². The third-order valence-electron chi connectivity index (χ3n) is 4.79. The fourth-order valence-corrected chi connectivity index (χ4v) is 3.86. The zero-order valence-electron chi connectivity index (χ0n) is 12.4. The van der Waals surface area contributed by atoms with Gasteiger partial charge in [-0.1, -0.05) is 61.5 Å². The molecule has 0 bridgehead atoms. The lowest BCUT2D eigenvalue weighted by molar-refractivity contribution is 0.438. The molecule has 2 aromatic carbocycles. The van der Waals surface area contributed by atoms with Crippen molar-refractivity contribution in [1.82, 2.24) is 5.32 Å². The Hall–Kier alpha value is -1.60. The van der Waals surface area contributed by atoms with Crippen LogP contribution in [-0.4, -0.2) is 13.6 Å². The molecule has 1 heteroatoms. The number of hydrogen-bond donors (Lipinski definition) is 1. The zero-order valence-corrected chi connectivity index (χ0v) is 12.4. The summed E-state index contributed by atoms with van der Waals surface area (Å²) in [4.78, 5) is 0. The van der Waals surface area contributed by atoms with Gasteiger partial charge in [-0.3, -0.25) is 0 Å². The Kier molecular flexibility index (Phi) is 3.62. The highest BCUT2D eigenvalue weighted by atomic mass is 14.8. The quantitative estimate of drug-likeness (QED) is 0.878. The van der Waals surface area contributed by atoms with E-state index >= 15 is 0 Å². The highest BCUT2D eigenvalue weighted by Gasteiger charge is 2.42. The Balaban J connectivity index is 2.13. The Bertz CT molecular complexity index is 575. The highest BCUT2D eigenvalue weighted by molar-refractivity contribution is 5.49. The van der Waals surface area contributed by atoms with E-state index in [1.807, 2.05) is 7.05 Å². The van der Waals surface area contributed by atoms with Crippen molar-refractivity contribution < 1.29 is 0 Å². The van der Waals surface area contributed by atoms with Gasteiger partial charge in [0.25, 0.3) is 0 Å². The highest BCUT2D eigenvalue weighted by Crippen LogP contribution is 2.51. The van der Waals surface area contributed by atoms with E-state index < -0.39 is 0 Å². The van der Waals surface area contributed by atoms with Crippen molar-refractivity contribution in [1.29, 1.82) is 0 Å². The molecule has 0 saturated heterocycles. The topological polar surface area (TPSA) is 12.0 Å². The molecule has 0 fully saturated rings. The minimum atomic E-state index is 0.181. The van der Waals surface area contributed by atoms with E-state index in [1.165, 1.54) is 23.1 Å². The van der Waals surface area contributed by atoms with E-state index in [-0.39, 0.29) is 5.41 Å².